The number of hydrogen-bond acceptors (Lipinski definition) is 2. The fraction of sp³-hybridized carbons (Fsp3) is 0.500. The Balaban J connectivity index is 2.34. The van der Waals surface area contributed by atoms with Crippen LogP contribution in [0.25, 0.3) is 0 Å². The second-order valence-electron chi connectivity index (χ2n) is 3.54. The summed E-state index contributed by atoms with van der Waals surface area (Å²) in [6.07, 6.45) is 2.06. The van der Waals surface area contributed by atoms with Gasteiger partial charge in [-0.1, -0.05) is 6.07 Å². The predicted molar refractivity (Wildman–Crippen MR) is 59.5 cm³/mol. The summed E-state index contributed by atoms with van der Waals surface area (Å²) in [5.74, 6) is 0. The van der Waals surface area contributed by atoms with Gasteiger partial charge in [-0.2, -0.15) is 0 Å². The third-order valence-electron chi connectivity index (χ3n) is 2.61. The van der Waals surface area contributed by atoms with E-state index in [1.54, 1.807) is 12.1 Å². The Morgan fingerprint density at radius 2 is 2.07 bits per heavy atom. The Morgan fingerprint density at radius 1 is 1.36 bits per heavy atom. The molecule has 1 aromatic heterocycles. The molecule has 0 aromatic carbocycles. The lowest BCUT2D eigenvalue weighted by atomic mass is 10.1. The molecule has 0 bridgehead atoms. The van der Waals surface area contributed by atoms with Crippen molar-refractivity contribution < 1.29 is 0 Å². The van der Waals surface area contributed by atoms with Crippen LogP contribution in [-0.2, 0) is 0 Å². The molecule has 1 aliphatic heterocycles. The summed E-state index contributed by atoms with van der Waals surface area (Å²) in [7, 11) is 0. The molecule has 1 fully saturated rings. The van der Waals surface area contributed by atoms with Gasteiger partial charge in [-0.15, -0.1) is 0 Å². The van der Waals surface area contributed by atoms with E-state index in [1.807, 2.05) is 10.6 Å². The zero-order valence-electron chi connectivity index (χ0n) is 7.87. The van der Waals surface area contributed by atoms with Crippen LogP contribution in [0.3, 0.4) is 0 Å². The minimum Gasteiger partial charge on any atom is -0.317 e. The first-order valence-electron chi connectivity index (χ1n) is 4.87. The summed E-state index contributed by atoms with van der Waals surface area (Å²) in [4.78, 5) is 11.7. The molecular formula is C10H13BrN2O. The second kappa shape index (κ2) is 4.28. The van der Waals surface area contributed by atoms with Crippen LogP contribution in [0.5, 0.6) is 0 Å². The van der Waals surface area contributed by atoms with Gasteiger partial charge in [-0.3, -0.25) is 9.36 Å². The molecule has 0 spiro atoms. The molecule has 2 heterocycles. The van der Waals surface area contributed by atoms with Crippen LogP contribution < -0.4 is 10.9 Å². The Bertz CT molecular complexity index is 369. The van der Waals surface area contributed by atoms with Crippen LogP contribution >= 0.6 is 15.9 Å². The normalized spacial score (nSPS) is 18.4. The molecule has 1 N–H and O–H groups in total. The zero-order valence-corrected chi connectivity index (χ0v) is 9.46. The molecule has 1 aliphatic rings. The largest absolute Gasteiger partial charge is 0.317 e. The van der Waals surface area contributed by atoms with Crippen LogP contribution in [0.1, 0.15) is 18.9 Å². The van der Waals surface area contributed by atoms with Crippen LogP contribution in [-0.4, -0.2) is 17.7 Å². The standard InChI is InChI=1S/C10H13BrN2O/c11-9-2-1-3-10(14)13(9)8-4-6-12-7-5-8/h1-3,8,12H,4-7H2. The number of rotatable bonds is 1. The predicted octanol–water partition coefficient (Wildman–Crippen LogP) is 1.54. The summed E-state index contributed by atoms with van der Waals surface area (Å²) in [6, 6.07) is 5.67. The molecule has 4 heteroatoms. The van der Waals surface area contributed by atoms with E-state index >= 15 is 0 Å². The van der Waals surface area contributed by atoms with Gasteiger partial charge in [0.25, 0.3) is 5.56 Å². The van der Waals surface area contributed by atoms with Crippen LogP contribution in [0.2, 0.25) is 0 Å². The smallest absolute Gasteiger partial charge is 0.251 e. The van der Waals surface area contributed by atoms with E-state index < -0.39 is 0 Å². The van der Waals surface area contributed by atoms with Gasteiger partial charge in [0.05, 0.1) is 4.60 Å². The number of piperidine rings is 1. The van der Waals surface area contributed by atoms with Gasteiger partial charge in [0, 0.05) is 12.1 Å². The lowest BCUT2D eigenvalue weighted by Gasteiger charge is -2.25. The number of nitrogens with one attached hydrogen (secondary N) is 1. The minimum atomic E-state index is 0.0891. The van der Waals surface area contributed by atoms with E-state index in [0.29, 0.717) is 6.04 Å². The lowest BCUT2D eigenvalue weighted by molar-refractivity contribution is 0.356. The van der Waals surface area contributed by atoms with Crippen LogP contribution in [0, 0.1) is 0 Å². The van der Waals surface area contributed by atoms with Gasteiger partial charge in [0.15, 0.2) is 0 Å². The molecule has 0 aliphatic carbocycles. The number of pyridine rings is 1. The third kappa shape index (κ3) is 1.91. The topological polar surface area (TPSA) is 34.0 Å². The summed E-state index contributed by atoms with van der Waals surface area (Å²) in [5.41, 5.74) is 0.0891. The molecular weight excluding hydrogens is 244 g/mol. The minimum absolute atomic E-state index is 0.0891. The van der Waals surface area contributed by atoms with Gasteiger partial charge >= 0.3 is 0 Å². The van der Waals surface area contributed by atoms with Crippen molar-refractivity contribution in [1.29, 1.82) is 0 Å². The maximum atomic E-state index is 11.7. The van der Waals surface area contributed by atoms with E-state index in [-0.39, 0.29) is 5.56 Å². The van der Waals surface area contributed by atoms with E-state index in [2.05, 4.69) is 21.2 Å². The summed E-state index contributed by atoms with van der Waals surface area (Å²) in [5, 5.41) is 3.29. The molecule has 3 nitrogen and oxygen atoms in total. The summed E-state index contributed by atoms with van der Waals surface area (Å²) >= 11 is 3.43. The maximum Gasteiger partial charge on any atom is 0.251 e. The fourth-order valence-corrected chi connectivity index (χ4v) is 2.51. The van der Waals surface area contributed by atoms with E-state index in [1.165, 1.54) is 0 Å². The number of halogens is 1. The number of hydrogen-bond donors (Lipinski definition) is 1. The number of aromatic nitrogens is 1. The van der Waals surface area contributed by atoms with E-state index in [9.17, 15) is 4.79 Å². The van der Waals surface area contributed by atoms with Crippen LogP contribution in [0.4, 0.5) is 0 Å². The first kappa shape index (κ1) is 9.93. The summed E-state index contributed by atoms with van der Waals surface area (Å²) in [6.45, 7) is 2.00. The van der Waals surface area contributed by atoms with Crippen molar-refractivity contribution in [1.82, 2.24) is 9.88 Å². The van der Waals surface area contributed by atoms with Gasteiger partial charge < -0.3 is 5.32 Å². The van der Waals surface area contributed by atoms with Crippen molar-refractivity contribution in [2.75, 3.05) is 13.1 Å². The fourth-order valence-electron chi connectivity index (χ4n) is 1.89. The number of nitrogens with zero attached hydrogens (tertiary/aromatic N) is 1. The molecule has 14 heavy (non-hydrogen) atoms. The van der Waals surface area contributed by atoms with Crippen molar-refractivity contribution in [3.05, 3.63) is 33.2 Å². The Morgan fingerprint density at radius 3 is 2.71 bits per heavy atom. The zero-order chi connectivity index (χ0) is 9.97. The molecule has 1 saturated heterocycles. The molecule has 0 unspecified atom stereocenters. The van der Waals surface area contributed by atoms with Gasteiger partial charge in [-0.05, 0) is 47.9 Å². The second-order valence-corrected chi connectivity index (χ2v) is 4.35. The third-order valence-corrected chi connectivity index (χ3v) is 3.26. The van der Waals surface area contributed by atoms with E-state index in [0.717, 1.165) is 30.5 Å². The Labute approximate surface area is 91.3 Å². The van der Waals surface area contributed by atoms with Crippen molar-refractivity contribution in [3.63, 3.8) is 0 Å². The molecule has 0 saturated carbocycles. The van der Waals surface area contributed by atoms with Gasteiger partial charge in [0.2, 0.25) is 0 Å². The quantitative estimate of drug-likeness (QED) is 0.774. The van der Waals surface area contributed by atoms with Gasteiger partial charge in [-0.25, -0.2) is 0 Å². The van der Waals surface area contributed by atoms with Gasteiger partial charge in [0.1, 0.15) is 0 Å². The van der Waals surface area contributed by atoms with Crippen molar-refractivity contribution in [2.45, 2.75) is 18.9 Å². The van der Waals surface area contributed by atoms with Crippen molar-refractivity contribution in [2.24, 2.45) is 0 Å². The molecule has 1 aromatic rings. The van der Waals surface area contributed by atoms with Crippen LogP contribution in [0.15, 0.2) is 27.6 Å². The highest BCUT2D eigenvalue weighted by Gasteiger charge is 2.17. The molecule has 2 rings (SSSR count). The molecule has 0 amide bonds. The molecule has 0 atom stereocenters. The Hall–Kier alpha value is -0.610. The SMILES string of the molecule is O=c1cccc(Br)n1C1CCNCC1. The van der Waals surface area contributed by atoms with Crippen molar-refractivity contribution >= 4 is 15.9 Å². The highest BCUT2D eigenvalue weighted by Crippen LogP contribution is 2.20. The average Bonchev–Trinajstić information content (AvgIpc) is 2.19. The molecule has 76 valence electrons. The highest BCUT2D eigenvalue weighted by molar-refractivity contribution is 9.10. The maximum absolute atomic E-state index is 11.7. The first-order chi connectivity index (χ1) is 6.79. The van der Waals surface area contributed by atoms with E-state index in [4.69, 9.17) is 0 Å². The molecule has 0 radical (unpaired) electrons. The highest BCUT2D eigenvalue weighted by atomic mass is 79.9. The summed E-state index contributed by atoms with van der Waals surface area (Å²) < 4.78 is 2.73. The monoisotopic (exact) mass is 256 g/mol. The van der Waals surface area contributed by atoms with Crippen molar-refractivity contribution in [3.8, 4) is 0 Å². The average molecular weight is 257 g/mol. The first-order valence-corrected chi connectivity index (χ1v) is 5.66. The lowest BCUT2D eigenvalue weighted by Crippen LogP contribution is -2.34. The Kier molecular flexibility index (Phi) is 3.03.